The summed E-state index contributed by atoms with van der Waals surface area (Å²) in [6.45, 7) is 8.71. The number of ether oxygens (including phenoxy) is 2. The van der Waals surface area contributed by atoms with Gasteiger partial charge in [-0.15, -0.1) is 0 Å². The summed E-state index contributed by atoms with van der Waals surface area (Å²) in [5.41, 5.74) is -0.422. The maximum absolute atomic E-state index is 11.4. The Labute approximate surface area is 97.9 Å². The van der Waals surface area contributed by atoms with Gasteiger partial charge < -0.3 is 14.6 Å². The van der Waals surface area contributed by atoms with Crippen LogP contribution >= 0.6 is 0 Å². The zero-order valence-corrected chi connectivity index (χ0v) is 10.8. The molecule has 4 nitrogen and oxygen atoms in total. The molecule has 0 aliphatic carbocycles. The number of hydrogen-bond donors (Lipinski definition) is 1. The van der Waals surface area contributed by atoms with Crippen LogP contribution in [0, 0.1) is 5.92 Å². The minimum absolute atomic E-state index is 0.139. The molecule has 0 heterocycles. The van der Waals surface area contributed by atoms with Gasteiger partial charge in [-0.25, -0.2) is 0 Å². The summed E-state index contributed by atoms with van der Waals surface area (Å²) in [5.74, 6) is -0.0423. The van der Waals surface area contributed by atoms with E-state index in [0.29, 0.717) is 26.1 Å². The van der Waals surface area contributed by atoms with Crippen LogP contribution in [-0.4, -0.2) is 36.5 Å². The first-order valence-corrected chi connectivity index (χ1v) is 5.75. The van der Waals surface area contributed by atoms with Gasteiger partial charge in [0.2, 0.25) is 0 Å². The molecule has 0 aromatic carbocycles. The van der Waals surface area contributed by atoms with E-state index in [1.54, 1.807) is 0 Å². The summed E-state index contributed by atoms with van der Waals surface area (Å²) >= 11 is 0. The first kappa shape index (κ1) is 15.4. The van der Waals surface area contributed by atoms with Crippen LogP contribution in [0.15, 0.2) is 0 Å². The number of aliphatic hydroxyl groups is 1. The highest BCUT2D eigenvalue weighted by atomic mass is 16.6. The second-order valence-electron chi connectivity index (χ2n) is 5.05. The fraction of sp³-hybridized carbons (Fsp3) is 0.917. The molecule has 0 unspecified atom stereocenters. The van der Waals surface area contributed by atoms with Crippen LogP contribution in [0.2, 0.25) is 0 Å². The number of carbonyl (C=O) groups excluding carboxylic acids is 1. The Morgan fingerprint density at radius 2 is 2.00 bits per heavy atom. The monoisotopic (exact) mass is 232 g/mol. The predicted octanol–water partition coefficient (Wildman–Crippen LogP) is 1.75. The van der Waals surface area contributed by atoms with Crippen LogP contribution in [0.4, 0.5) is 0 Å². The van der Waals surface area contributed by atoms with E-state index in [0.717, 1.165) is 0 Å². The fourth-order valence-electron chi connectivity index (χ4n) is 1.18. The Morgan fingerprint density at radius 3 is 2.50 bits per heavy atom. The third-order valence-electron chi connectivity index (χ3n) is 1.78. The van der Waals surface area contributed by atoms with Crippen molar-refractivity contribution in [3.05, 3.63) is 0 Å². The maximum Gasteiger partial charge on any atom is 0.306 e. The van der Waals surface area contributed by atoms with Crippen molar-refractivity contribution >= 4 is 5.97 Å². The van der Waals surface area contributed by atoms with E-state index < -0.39 is 5.60 Å². The topological polar surface area (TPSA) is 55.8 Å². The summed E-state index contributed by atoms with van der Waals surface area (Å²) in [6, 6.07) is 0. The van der Waals surface area contributed by atoms with Crippen LogP contribution in [0.25, 0.3) is 0 Å². The molecular weight excluding hydrogens is 208 g/mol. The number of rotatable bonds is 7. The van der Waals surface area contributed by atoms with E-state index in [2.05, 4.69) is 0 Å². The molecule has 0 saturated carbocycles. The summed E-state index contributed by atoms with van der Waals surface area (Å²) in [7, 11) is 0. The lowest BCUT2D eigenvalue weighted by atomic mass is 10.1. The van der Waals surface area contributed by atoms with E-state index in [-0.39, 0.29) is 18.5 Å². The van der Waals surface area contributed by atoms with Crippen LogP contribution in [0.3, 0.4) is 0 Å². The van der Waals surface area contributed by atoms with Gasteiger partial charge in [-0.1, -0.05) is 6.92 Å². The molecule has 4 heteroatoms. The summed E-state index contributed by atoms with van der Waals surface area (Å²) in [6.07, 6.45) is 1.01. The summed E-state index contributed by atoms with van der Waals surface area (Å²) in [4.78, 5) is 11.4. The van der Waals surface area contributed by atoms with Crippen LogP contribution in [0.1, 0.15) is 40.5 Å². The quantitative estimate of drug-likeness (QED) is 0.536. The predicted molar refractivity (Wildman–Crippen MR) is 62.1 cm³/mol. The first-order valence-electron chi connectivity index (χ1n) is 5.75. The zero-order chi connectivity index (χ0) is 12.6. The van der Waals surface area contributed by atoms with Crippen molar-refractivity contribution in [1.29, 1.82) is 0 Å². The molecule has 0 fully saturated rings. The van der Waals surface area contributed by atoms with E-state index >= 15 is 0 Å². The normalized spacial score (nSPS) is 13.6. The van der Waals surface area contributed by atoms with E-state index in [4.69, 9.17) is 14.6 Å². The summed E-state index contributed by atoms with van der Waals surface area (Å²) in [5, 5.41) is 8.55. The minimum Gasteiger partial charge on any atom is -0.460 e. The Balaban J connectivity index is 3.62. The lowest BCUT2D eigenvalue weighted by Crippen LogP contribution is -2.25. The van der Waals surface area contributed by atoms with Gasteiger partial charge in [0.05, 0.1) is 6.42 Å². The van der Waals surface area contributed by atoms with Gasteiger partial charge in [-0.05, 0) is 33.1 Å². The molecule has 0 spiro atoms. The number of aliphatic hydroxyl groups excluding tert-OH is 1. The highest BCUT2D eigenvalue weighted by molar-refractivity contribution is 5.70. The molecule has 0 aromatic rings. The smallest absolute Gasteiger partial charge is 0.306 e. The molecule has 1 atom stereocenters. The Hall–Kier alpha value is -0.610. The lowest BCUT2D eigenvalue weighted by molar-refractivity contribution is -0.156. The molecule has 0 rings (SSSR count). The lowest BCUT2D eigenvalue weighted by Gasteiger charge is -2.20. The van der Waals surface area contributed by atoms with Crippen molar-refractivity contribution in [2.24, 2.45) is 5.92 Å². The first-order chi connectivity index (χ1) is 7.35. The molecule has 0 aliphatic rings. The van der Waals surface area contributed by atoms with Gasteiger partial charge >= 0.3 is 5.97 Å². The molecule has 0 aromatic heterocycles. The van der Waals surface area contributed by atoms with Crippen LogP contribution in [-0.2, 0) is 14.3 Å². The number of esters is 1. The van der Waals surface area contributed by atoms with Crippen molar-refractivity contribution in [2.45, 2.75) is 46.1 Å². The molecular formula is C12H24O4. The SMILES string of the molecule is C[C@H](COCCCO)CC(=O)OC(C)(C)C. The number of carbonyl (C=O) groups is 1. The molecule has 96 valence electrons. The third kappa shape index (κ3) is 9.93. The van der Waals surface area contributed by atoms with E-state index in [9.17, 15) is 4.79 Å². The second kappa shape index (κ2) is 7.63. The van der Waals surface area contributed by atoms with Crippen molar-refractivity contribution in [3.63, 3.8) is 0 Å². The maximum atomic E-state index is 11.4. The van der Waals surface area contributed by atoms with Crippen molar-refractivity contribution in [3.8, 4) is 0 Å². The van der Waals surface area contributed by atoms with Crippen molar-refractivity contribution < 1.29 is 19.4 Å². The van der Waals surface area contributed by atoms with E-state index in [1.807, 2.05) is 27.7 Å². The van der Waals surface area contributed by atoms with Crippen LogP contribution in [0.5, 0.6) is 0 Å². The molecule has 0 bridgehead atoms. The van der Waals surface area contributed by atoms with Gasteiger partial charge in [-0.3, -0.25) is 4.79 Å². The third-order valence-corrected chi connectivity index (χ3v) is 1.78. The zero-order valence-electron chi connectivity index (χ0n) is 10.8. The van der Waals surface area contributed by atoms with Gasteiger partial charge in [0.25, 0.3) is 0 Å². The largest absolute Gasteiger partial charge is 0.460 e. The van der Waals surface area contributed by atoms with Crippen molar-refractivity contribution in [1.82, 2.24) is 0 Å². The average Bonchev–Trinajstić information content (AvgIpc) is 2.09. The standard InChI is InChI=1S/C12H24O4/c1-10(9-15-7-5-6-13)8-11(14)16-12(2,3)4/h10,13H,5-9H2,1-4H3/t10-/m0/s1. The number of hydrogen-bond acceptors (Lipinski definition) is 4. The Kier molecular flexibility index (Phi) is 7.34. The van der Waals surface area contributed by atoms with Gasteiger partial charge in [-0.2, -0.15) is 0 Å². The van der Waals surface area contributed by atoms with Gasteiger partial charge in [0.15, 0.2) is 0 Å². The highest BCUT2D eigenvalue weighted by Gasteiger charge is 2.18. The average molecular weight is 232 g/mol. The fourth-order valence-corrected chi connectivity index (χ4v) is 1.18. The van der Waals surface area contributed by atoms with Crippen LogP contribution < -0.4 is 0 Å². The highest BCUT2D eigenvalue weighted by Crippen LogP contribution is 2.11. The molecule has 0 radical (unpaired) electrons. The molecule has 0 aliphatic heterocycles. The molecule has 16 heavy (non-hydrogen) atoms. The van der Waals surface area contributed by atoms with Gasteiger partial charge in [0.1, 0.15) is 5.60 Å². The van der Waals surface area contributed by atoms with E-state index in [1.165, 1.54) is 0 Å². The molecule has 0 amide bonds. The Bertz CT molecular complexity index is 196. The van der Waals surface area contributed by atoms with Gasteiger partial charge in [0, 0.05) is 19.8 Å². The minimum atomic E-state index is -0.422. The summed E-state index contributed by atoms with van der Waals surface area (Å²) < 4.78 is 10.5. The molecule has 0 saturated heterocycles. The second-order valence-corrected chi connectivity index (χ2v) is 5.05. The Morgan fingerprint density at radius 1 is 1.38 bits per heavy atom. The van der Waals surface area contributed by atoms with Crippen molar-refractivity contribution in [2.75, 3.05) is 19.8 Å². The molecule has 1 N–H and O–H groups in total.